The average molecular weight is 378 g/mol. The minimum atomic E-state index is -0.319. The molecule has 0 saturated heterocycles. The molecule has 3 aromatic rings. The standard InChI is InChI=1S/C21H22N4O3/c1-3-28-18-9-7-15(8-10-18)21(27)23-14-19(26)24-17-6-4-5-16(13-17)20-22-11-12-25(20)2/h4-13H,3,14H2,1-2H3,(H,23,27)(H,24,26). The molecule has 0 saturated carbocycles. The molecule has 1 heterocycles. The van der Waals surface area contributed by atoms with Crippen LogP contribution in [-0.2, 0) is 11.8 Å². The highest BCUT2D eigenvalue weighted by atomic mass is 16.5. The fourth-order valence-corrected chi connectivity index (χ4v) is 2.72. The molecule has 1 aromatic heterocycles. The molecule has 7 nitrogen and oxygen atoms in total. The van der Waals surface area contributed by atoms with Crippen molar-refractivity contribution in [2.75, 3.05) is 18.5 Å². The van der Waals surface area contributed by atoms with Gasteiger partial charge < -0.3 is 19.9 Å². The van der Waals surface area contributed by atoms with Crippen LogP contribution in [0.1, 0.15) is 17.3 Å². The van der Waals surface area contributed by atoms with E-state index in [0.29, 0.717) is 23.6 Å². The maximum Gasteiger partial charge on any atom is 0.251 e. The summed E-state index contributed by atoms with van der Waals surface area (Å²) in [4.78, 5) is 28.7. The second kappa shape index (κ2) is 8.85. The number of aryl methyl sites for hydroxylation is 1. The molecule has 3 rings (SSSR count). The second-order valence-electron chi connectivity index (χ2n) is 6.13. The third kappa shape index (κ3) is 4.76. The quantitative estimate of drug-likeness (QED) is 0.662. The van der Waals surface area contributed by atoms with Crippen molar-refractivity contribution in [1.29, 1.82) is 0 Å². The zero-order valence-corrected chi connectivity index (χ0v) is 15.8. The summed E-state index contributed by atoms with van der Waals surface area (Å²) >= 11 is 0. The van der Waals surface area contributed by atoms with E-state index in [-0.39, 0.29) is 18.4 Å². The number of carbonyl (C=O) groups excluding carboxylic acids is 2. The van der Waals surface area contributed by atoms with Crippen LogP contribution in [0.5, 0.6) is 5.75 Å². The molecule has 0 unspecified atom stereocenters. The van der Waals surface area contributed by atoms with Gasteiger partial charge in [0.15, 0.2) is 0 Å². The molecule has 0 aliphatic carbocycles. The van der Waals surface area contributed by atoms with Crippen molar-refractivity contribution in [3.63, 3.8) is 0 Å². The van der Waals surface area contributed by atoms with E-state index >= 15 is 0 Å². The van der Waals surface area contributed by atoms with E-state index in [1.54, 1.807) is 36.5 Å². The Bertz CT molecular complexity index is 964. The van der Waals surface area contributed by atoms with Crippen LogP contribution in [0, 0.1) is 0 Å². The molecule has 144 valence electrons. The lowest BCUT2D eigenvalue weighted by molar-refractivity contribution is -0.115. The van der Waals surface area contributed by atoms with E-state index in [9.17, 15) is 9.59 Å². The maximum atomic E-state index is 12.2. The van der Waals surface area contributed by atoms with Crippen LogP contribution in [-0.4, -0.2) is 34.5 Å². The molecule has 2 aromatic carbocycles. The van der Waals surface area contributed by atoms with Crippen LogP contribution in [0.4, 0.5) is 5.69 Å². The zero-order valence-electron chi connectivity index (χ0n) is 15.8. The highest BCUT2D eigenvalue weighted by Gasteiger charge is 2.10. The second-order valence-corrected chi connectivity index (χ2v) is 6.13. The third-order valence-corrected chi connectivity index (χ3v) is 4.06. The van der Waals surface area contributed by atoms with Gasteiger partial charge in [-0.1, -0.05) is 12.1 Å². The van der Waals surface area contributed by atoms with Crippen LogP contribution in [0.2, 0.25) is 0 Å². The number of amides is 2. The van der Waals surface area contributed by atoms with Gasteiger partial charge in [0.2, 0.25) is 5.91 Å². The SMILES string of the molecule is CCOc1ccc(C(=O)NCC(=O)Nc2cccc(-c3nccn3C)c2)cc1. The van der Waals surface area contributed by atoms with E-state index in [1.807, 2.05) is 42.9 Å². The average Bonchev–Trinajstić information content (AvgIpc) is 3.13. The van der Waals surface area contributed by atoms with Gasteiger partial charge in [0, 0.05) is 36.3 Å². The molecule has 0 aliphatic heterocycles. The largest absolute Gasteiger partial charge is 0.494 e. The molecule has 0 radical (unpaired) electrons. The fourth-order valence-electron chi connectivity index (χ4n) is 2.72. The third-order valence-electron chi connectivity index (χ3n) is 4.06. The molecule has 0 bridgehead atoms. The summed E-state index contributed by atoms with van der Waals surface area (Å²) in [5, 5.41) is 5.40. The number of anilines is 1. The first-order valence-corrected chi connectivity index (χ1v) is 8.95. The van der Waals surface area contributed by atoms with Gasteiger partial charge in [-0.3, -0.25) is 9.59 Å². The number of ether oxygens (including phenoxy) is 1. The van der Waals surface area contributed by atoms with Crippen molar-refractivity contribution >= 4 is 17.5 Å². The predicted molar refractivity (Wildman–Crippen MR) is 107 cm³/mol. The van der Waals surface area contributed by atoms with Crippen LogP contribution < -0.4 is 15.4 Å². The highest BCUT2D eigenvalue weighted by Crippen LogP contribution is 2.20. The first kappa shape index (κ1) is 19.2. The van der Waals surface area contributed by atoms with Crippen LogP contribution >= 0.6 is 0 Å². The normalized spacial score (nSPS) is 10.4. The fraction of sp³-hybridized carbons (Fsp3) is 0.190. The Morgan fingerprint density at radius 2 is 1.93 bits per heavy atom. The van der Waals surface area contributed by atoms with E-state index in [2.05, 4.69) is 15.6 Å². The van der Waals surface area contributed by atoms with E-state index < -0.39 is 0 Å². The van der Waals surface area contributed by atoms with Crippen molar-refractivity contribution in [3.05, 3.63) is 66.5 Å². The lowest BCUT2D eigenvalue weighted by Crippen LogP contribution is -2.32. The molecule has 0 atom stereocenters. The Morgan fingerprint density at radius 3 is 2.61 bits per heavy atom. The van der Waals surface area contributed by atoms with Crippen molar-refractivity contribution in [2.24, 2.45) is 7.05 Å². The Kier molecular flexibility index (Phi) is 6.06. The number of nitrogens with zero attached hydrogens (tertiary/aromatic N) is 2. The van der Waals surface area contributed by atoms with Crippen LogP contribution in [0.3, 0.4) is 0 Å². The monoisotopic (exact) mass is 378 g/mol. The minimum absolute atomic E-state index is 0.126. The summed E-state index contributed by atoms with van der Waals surface area (Å²) in [5.74, 6) is 0.875. The molecule has 2 N–H and O–H groups in total. The molecule has 28 heavy (non-hydrogen) atoms. The summed E-state index contributed by atoms with van der Waals surface area (Å²) in [7, 11) is 1.91. The summed E-state index contributed by atoms with van der Waals surface area (Å²) in [6, 6.07) is 14.2. The number of hydrogen-bond donors (Lipinski definition) is 2. The van der Waals surface area contributed by atoms with Crippen molar-refractivity contribution in [3.8, 4) is 17.1 Å². The predicted octanol–water partition coefficient (Wildman–Crippen LogP) is 2.85. The summed E-state index contributed by atoms with van der Waals surface area (Å²) in [6.45, 7) is 2.33. The maximum absolute atomic E-state index is 12.2. The van der Waals surface area contributed by atoms with Gasteiger partial charge in [-0.2, -0.15) is 0 Å². The van der Waals surface area contributed by atoms with Gasteiger partial charge in [0.05, 0.1) is 13.2 Å². The van der Waals surface area contributed by atoms with Gasteiger partial charge in [0.25, 0.3) is 5.91 Å². The summed E-state index contributed by atoms with van der Waals surface area (Å²) in [6.07, 6.45) is 3.58. The number of nitrogens with one attached hydrogen (secondary N) is 2. The molecular weight excluding hydrogens is 356 g/mol. The number of aromatic nitrogens is 2. The van der Waals surface area contributed by atoms with Crippen LogP contribution in [0.25, 0.3) is 11.4 Å². The lowest BCUT2D eigenvalue weighted by atomic mass is 10.2. The topological polar surface area (TPSA) is 85.2 Å². The summed E-state index contributed by atoms with van der Waals surface area (Å²) < 4.78 is 7.25. The smallest absolute Gasteiger partial charge is 0.251 e. The molecular formula is C21H22N4O3. The Hall–Kier alpha value is -3.61. The van der Waals surface area contributed by atoms with Gasteiger partial charge in [-0.05, 0) is 43.3 Å². The minimum Gasteiger partial charge on any atom is -0.494 e. The summed E-state index contributed by atoms with van der Waals surface area (Å²) in [5.41, 5.74) is 2.00. The first-order chi connectivity index (χ1) is 13.6. The van der Waals surface area contributed by atoms with Gasteiger partial charge in [-0.15, -0.1) is 0 Å². The van der Waals surface area contributed by atoms with Crippen molar-refractivity contribution < 1.29 is 14.3 Å². The highest BCUT2D eigenvalue weighted by molar-refractivity contribution is 5.99. The lowest BCUT2D eigenvalue weighted by Gasteiger charge is -2.09. The molecule has 2 amide bonds. The van der Waals surface area contributed by atoms with Gasteiger partial charge in [0.1, 0.15) is 11.6 Å². The van der Waals surface area contributed by atoms with E-state index in [1.165, 1.54) is 0 Å². The van der Waals surface area contributed by atoms with Gasteiger partial charge in [-0.25, -0.2) is 4.98 Å². The Labute approximate surface area is 163 Å². The van der Waals surface area contributed by atoms with Crippen LogP contribution in [0.15, 0.2) is 60.9 Å². The van der Waals surface area contributed by atoms with Crippen molar-refractivity contribution in [2.45, 2.75) is 6.92 Å². The Balaban J connectivity index is 1.56. The number of hydrogen-bond acceptors (Lipinski definition) is 4. The number of imidazole rings is 1. The van der Waals surface area contributed by atoms with E-state index in [0.717, 1.165) is 11.4 Å². The molecule has 7 heteroatoms. The number of benzene rings is 2. The number of carbonyl (C=O) groups is 2. The van der Waals surface area contributed by atoms with Gasteiger partial charge >= 0.3 is 0 Å². The molecule has 0 fully saturated rings. The molecule has 0 spiro atoms. The Morgan fingerprint density at radius 1 is 1.14 bits per heavy atom. The van der Waals surface area contributed by atoms with E-state index in [4.69, 9.17) is 4.74 Å². The first-order valence-electron chi connectivity index (χ1n) is 8.95. The zero-order chi connectivity index (χ0) is 19.9. The number of rotatable bonds is 7. The molecule has 0 aliphatic rings. The van der Waals surface area contributed by atoms with Crippen molar-refractivity contribution in [1.82, 2.24) is 14.9 Å².